The van der Waals surface area contributed by atoms with Crippen molar-refractivity contribution in [2.45, 2.75) is 50.8 Å². The molecule has 1 saturated heterocycles. The second-order valence-corrected chi connectivity index (χ2v) is 8.36. The van der Waals surface area contributed by atoms with Gasteiger partial charge in [0.05, 0.1) is 5.25 Å². The summed E-state index contributed by atoms with van der Waals surface area (Å²) in [6, 6.07) is 0. The van der Waals surface area contributed by atoms with E-state index in [0.717, 1.165) is 47.0 Å². The van der Waals surface area contributed by atoms with E-state index in [1.807, 2.05) is 18.7 Å². The van der Waals surface area contributed by atoms with E-state index in [9.17, 15) is 4.79 Å². The van der Waals surface area contributed by atoms with Crippen LogP contribution in [0.3, 0.4) is 0 Å². The van der Waals surface area contributed by atoms with Crippen LogP contribution in [0.2, 0.25) is 0 Å². The molecule has 0 spiro atoms. The molecule has 1 fully saturated rings. The first-order chi connectivity index (χ1) is 10.5. The summed E-state index contributed by atoms with van der Waals surface area (Å²) in [6.45, 7) is 9.94. The van der Waals surface area contributed by atoms with Gasteiger partial charge in [-0.1, -0.05) is 11.8 Å². The number of hydrogen-bond acceptors (Lipinski definition) is 5. The van der Waals surface area contributed by atoms with Crippen LogP contribution in [-0.2, 0) is 4.79 Å². The van der Waals surface area contributed by atoms with Crippen LogP contribution >= 0.6 is 23.1 Å². The molecule has 0 aromatic carbocycles. The molecule has 0 bridgehead atoms. The Morgan fingerprint density at radius 3 is 2.59 bits per heavy atom. The summed E-state index contributed by atoms with van der Waals surface area (Å²) < 4.78 is 0. The first kappa shape index (κ1) is 15.7. The van der Waals surface area contributed by atoms with Gasteiger partial charge in [0.25, 0.3) is 0 Å². The zero-order valence-electron chi connectivity index (χ0n) is 13.5. The highest BCUT2D eigenvalue weighted by Crippen LogP contribution is 2.37. The minimum atomic E-state index is -0.102. The van der Waals surface area contributed by atoms with Gasteiger partial charge < -0.3 is 4.90 Å². The van der Waals surface area contributed by atoms with Crippen LogP contribution in [0, 0.1) is 20.8 Å². The number of thioether (sulfide) groups is 1. The third-order valence-corrected chi connectivity index (χ3v) is 6.34. The highest BCUT2D eigenvalue weighted by atomic mass is 32.2. The fourth-order valence-electron chi connectivity index (χ4n) is 2.81. The molecule has 6 heteroatoms. The zero-order valence-corrected chi connectivity index (χ0v) is 15.1. The van der Waals surface area contributed by atoms with Crippen molar-refractivity contribution < 1.29 is 4.79 Å². The number of thiophene rings is 1. The average molecular weight is 335 g/mol. The van der Waals surface area contributed by atoms with Crippen molar-refractivity contribution in [3.63, 3.8) is 0 Å². The third-order valence-electron chi connectivity index (χ3n) is 4.16. The van der Waals surface area contributed by atoms with Crippen LogP contribution in [0.1, 0.15) is 36.0 Å². The van der Waals surface area contributed by atoms with Crippen molar-refractivity contribution in [1.82, 2.24) is 14.9 Å². The summed E-state index contributed by atoms with van der Waals surface area (Å²) in [5.74, 6) is 1.01. The lowest BCUT2D eigenvalue weighted by atomic mass is 10.2. The van der Waals surface area contributed by atoms with E-state index >= 15 is 0 Å². The number of aromatic nitrogens is 2. The Morgan fingerprint density at radius 2 is 1.91 bits per heavy atom. The van der Waals surface area contributed by atoms with E-state index in [2.05, 4.69) is 23.8 Å². The van der Waals surface area contributed by atoms with E-state index in [-0.39, 0.29) is 11.2 Å². The number of aryl methyl sites for hydroxylation is 3. The van der Waals surface area contributed by atoms with E-state index in [1.54, 1.807) is 23.1 Å². The molecule has 1 unspecified atom stereocenters. The van der Waals surface area contributed by atoms with E-state index in [1.165, 1.54) is 10.4 Å². The number of likely N-dealkylation sites (tertiary alicyclic amines) is 1. The first-order valence-electron chi connectivity index (χ1n) is 7.67. The topological polar surface area (TPSA) is 46.1 Å². The van der Waals surface area contributed by atoms with Crippen LogP contribution in [-0.4, -0.2) is 39.1 Å². The second-order valence-electron chi connectivity index (χ2n) is 5.83. The largest absolute Gasteiger partial charge is 0.342 e. The van der Waals surface area contributed by atoms with Crippen LogP contribution in [0.25, 0.3) is 10.2 Å². The maximum absolute atomic E-state index is 12.5. The molecular formula is C16H21N3OS2. The number of carbonyl (C=O) groups excluding carboxylic acids is 1. The zero-order chi connectivity index (χ0) is 15.9. The highest BCUT2D eigenvalue weighted by Gasteiger charge is 2.25. The Labute approximate surface area is 139 Å². The lowest BCUT2D eigenvalue weighted by Crippen LogP contribution is -2.34. The maximum atomic E-state index is 12.5. The molecule has 0 saturated carbocycles. The smallest absolute Gasteiger partial charge is 0.235 e. The van der Waals surface area contributed by atoms with E-state index in [4.69, 9.17) is 0 Å². The minimum Gasteiger partial charge on any atom is -0.342 e. The minimum absolute atomic E-state index is 0.102. The highest BCUT2D eigenvalue weighted by molar-refractivity contribution is 8.00. The van der Waals surface area contributed by atoms with Gasteiger partial charge in [-0.25, -0.2) is 9.97 Å². The number of nitrogens with zero attached hydrogens (tertiary/aromatic N) is 3. The maximum Gasteiger partial charge on any atom is 0.235 e. The van der Waals surface area contributed by atoms with Gasteiger partial charge in [-0.2, -0.15) is 0 Å². The molecule has 2 aromatic heterocycles. The van der Waals surface area contributed by atoms with Gasteiger partial charge in [0.2, 0.25) is 5.91 Å². The second kappa shape index (κ2) is 6.16. The molecule has 1 amide bonds. The van der Waals surface area contributed by atoms with Crippen molar-refractivity contribution in [3.05, 3.63) is 16.3 Å². The number of rotatable bonds is 3. The lowest BCUT2D eigenvalue weighted by Gasteiger charge is -2.20. The number of fused-ring (bicyclic) bond motifs is 1. The van der Waals surface area contributed by atoms with Crippen molar-refractivity contribution in [2.75, 3.05) is 13.1 Å². The molecule has 22 heavy (non-hydrogen) atoms. The summed E-state index contributed by atoms with van der Waals surface area (Å²) in [4.78, 5) is 26.0. The number of amides is 1. The van der Waals surface area contributed by atoms with Crippen LogP contribution in [0.5, 0.6) is 0 Å². The Bertz CT molecular complexity index is 720. The molecule has 0 aliphatic carbocycles. The van der Waals surface area contributed by atoms with Gasteiger partial charge in [-0.15, -0.1) is 11.3 Å². The average Bonchev–Trinajstić information content (AvgIpc) is 3.07. The van der Waals surface area contributed by atoms with Crippen LogP contribution in [0.4, 0.5) is 0 Å². The molecule has 118 valence electrons. The molecule has 0 radical (unpaired) electrons. The molecule has 3 heterocycles. The molecule has 1 aliphatic rings. The van der Waals surface area contributed by atoms with Crippen LogP contribution in [0.15, 0.2) is 5.03 Å². The van der Waals surface area contributed by atoms with Gasteiger partial charge in [0.1, 0.15) is 15.7 Å². The molecule has 4 nitrogen and oxygen atoms in total. The van der Waals surface area contributed by atoms with Crippen molar-refractivity contribution >= 4 is 39.2 Å². The number of carbonyl (C=O) groups is 1. The van der Waals surface area contributed by atoms with Crippen molar-refractivity contribution in [1.29, 1.82) is 0 Å². The molecule has 0 N–H and O–H groups in total. The Hall–Kier alpha value is -1.14. The predicted octanol–water partition coefficient (Wildman–Crippen LogP) is 3.72. The standard InChI is InChI=1S/C16H21N3OS2/c1-9-10(2)21-14-13(9)15(18-12(4)17-14)22-11(3)16(20)19-7-5-6-8-19/h11H,5-8H2,1-4H3. The van der Waals surface area contributed by atoms with Gasteiger partial charge in [-0.3, -0.25) is 4.79 Å². The third kappa shape index (κ3) is 2.86. The summed E-state index contributed by atoms with van der Waals surface area (Å²) in [7, 11) is 0. The molecule has 1 aliphatic heterocycles. The first-order valence-corrected chi connectivity index (χ1v) is 9.36. The lowest BCUT2D eigenvalue weighted by molar-refractivity contribution is -0.129. The quantitative estimate of drug-likeness (QED) is 0.633. The summed E-state index contributed by atoms with van der Waals surface area (Å²) in [5, 5.41) is 1.97. The fraction of sp³-hybridized carbons (Fsp3) is 0.562. The monoisotopic (exact) mass is 335 g/mol. The molecule has 3 rings (SSSR count). The Balaban J connectivity index is 1.91. The molecular weight excluding hydrogens is 314 g/mol. The predicted molar refractivity (Wildman–Crippen MR) is 92.8 cm³/mol. The van der Waals surface area contributed by atoms with Crippen LogP contribution < -0.4 is 0 Å². The Kier molecular flexibility index (Phi) is 4.41. The normalized spacial score (nSPS) is 16.5. The fourth-order valence-corrected chi connectivity index (χ4v) is 5.09. The SMILES string of the molecule is Cc1nc(SC(C)C(=O)N2CCCC2)c2c(C)c(C)sc2n1. The van der Waals surface area contributed by atoms with Gasteiger partial charge in [0.15, 0.2) is 0 Å². The number of hydrogen-bond donors (Lipinski definition) is 0. The van der Waals surface area contributed by atoms with Gasteiger partial charge >= 0.3 is 0 Å². The van der Waals surface area contributed by atoms with E-state index < -0.39 is 0 Å². The van der Waals surface area contributed by atoms with E-state index in [0.29, 0.717) is 0 Å². The van der Waals surface area contributed by atoms with Crippen molar-refractivity contribution in [2.24, 2.45) is 0 Å². The summed E-state index contributed by atoms with van der Waals surface area (Å²) in [6.07, 6.45) is 2.26. The van der Waals surface area contributed by atoms with Gasteiger partial charge in [0, 0.05) is 23.4 Å². The van der Waals surface area contributed by atoms with Crippen molar-refractivity contribution in [3.8, 4) is 0 Å². The Morgan fingerprint density at radius 1 is 1.23 bits per heavy atom. The van der Waals surface area contributed by atoms with Gasteiger partial charge in [-0.05, 0) is 46.1 Å². The molecule has 1 atom stereocenters. The summed E-state index contributed by atoms with van der Waals surface area (Å²) in [5.41, 5.74) is 1.24. The molecule has 2 aromatic rings. The summed E-state index contributed by atoms with van der Waals surface area (Å²) >= 11 is 3.28.